The molecule has 0 aliphatic heterocycles. The first-order valence-corrected chi connectivity index (χ1v) is 10.4. The maximum Gasteiger partial charge on any atom is 0.337 e. The van der Waals surface area contributed by atoms with Gasteiger partial charge in [0, 0.05) is 29.1 Å². The SMILES string of the molecule is Cc1cc(C(C)Nc2ccccc2C(=O)O)c2oc(-c3ccn4nncc4c3)cc(=O)c2c1. The minimum Gasteiger partial charge on any atom is -0.478 e. The van der Waals surface area contributed by atoms with Gasteiger partial charge in [-0.3, -0.25) is 4.79 Å². The standard InChI is InChI=1S/C25H20N4O4/c1-14-9-19(15(2)27-21-6-4-3-5-18(21)25(31)32)24-20(10-14)22(30)12-23(33-24)16-7-8-29-17(11-16)13-26-28-29/h3-13,15,27H,1-2H3,(H,31,32). The van der Waals surface area contributed by atoms with E-state index in [2.05, 4.69) is 15.6 Å². The lowest BCUT2D eigenvalue weighted by atomic mass is 10.00. The summed E-state index contributed by atoms with van der Waals surface area (Å²) in [5.74, 6) is -0.586. The summed E-state index contributed by atoms with van der Waals surface area (Å²) in [6.07, 6.45) is 3.38. The molecule has 0 aliphatic rings. The van der Waals surface area contributed by atoms with Crippen LogP contribution in [0.25, 0.3) is 27.8 Å². The summed E-state index contributed by atoms with van der Waals surface area (Å²) in [4.78, 5) is 24.6. The average Bonchev–Trinajstić information content (AvgIpc) is 3.27. The smallest absolute Gasteiger partial charge is 0.337 e. The van der Waals surface area contributed by atoms with Crippen LogP contribution in [0.2, 0.25) is 0 Å². The van der Waals surface area contributed by atoms with Crippen LogP contribution in [0.5, 0.6) is 0 Å². The van der Waals surface area contributed by atoms with E-state index in [4.69, 9.17) is 4.42 Å². The minimum absolute atomic E-state index is 0.152. The Morgan fingerprint density at radius 3 is 2.79 bits per heavy atom. The molecule has 3 aromatic heterocycles. The molecule has 0 spiro atoms. The Hall–Kier alpha value is -4.46. The van der Waals surface area contributed by atoms with Crippen LogP contribution >= 0.6 is 0 Å². The molecule has 0 fully saturated rings. The lowest BCUT2D eigenvalue weighted by Gasteiger charge is -2.19. The molecule has 8 heteroatoms. The van der Waals surface area contributed by atoms with E-state index >= 15 is 0 Å². The van der Waals surface area contributed by atoms with E-state index in [9.17, 15) is 14.7 Å². The molecule has 5 aromatic rings. The van der Waals surface area contributed by atoms with Gasteiger partial charge in [-0.05, 0) is 49.7 Å². The molecule has 3 heterocycles. The third kappa shape index (κ3) is 3.71. The van der Waals surface area contributed by atoms with Gasteiger partial charge in [-0.25, -0.2) is 9.31 Å². The number of aromatic nitrogens is 3. The number of carboxylic acids is 1. The first kappa shape index (κ1) is 20.4. The molecule has 1 unspecified atom stereocenters. The van der Waals surface area contributed by atoms with Gasteiger partial charge >= 0.3 is 5.97 Å². The van der Waals surface area contributed by atoms with Crippen LogP contribution in [0.4, 0.5) is 5.69 Å². The molecular weight excluding hydrogens is 420 g/mol. The largest absolute Gasteiger partial charge is 0.478 e. The fourth-order valence-corrected chi connectivity index (χ4v) is 3.99. The molecule has 1 atom stereocenters. The first-order chi connectivity index (χ1) is 15.9. The highest BCUT2D eigenvalue weighted by Crippen LogP contribution is 2.31. The van der Waals surface area contributed by atoms with Gasteiger partial charge in [0.1, 0.15) is 11.3 Å². The normalized spacial score (nSPS) is 12.2. The third-order valence-corrected chi connectivity index (χ3v) is 5.58. The molecule has 0 aliphatic carbocycles. The second-order valence-electron chi connectivity index (χ2n) is 7.94. The van der Waals surface area contributed by atoms with Crippen LogP contribution in [-0.4, -0.2) is 25.9 Å². The Balaban J connectivity index is 1.64. The Bertz CT molecular complexity index is 1590. The molecule has 8 nitrogen and oxygen atoms in total. The zero-order chi connectivity index (χ0) is 23.1. The number of nitrogens with zero attached hydrogens (tertiary/aromatic N) is 3. The molecule has 0 bridgehead atoms. The number of aryl methyl sites for hydroxylation is 1. The van der Waals surface area contributed by atoms with Crippen molar-refractivity contribution in [3.8, 4) is 11.3 Å². The highest BCUT2D eigenvalue weighted by molar-refractivity contribution is 5.94. The number of pyridine rings is 1. The van der Waals surface area contributed by atoms with E-state index < -0.39 is 5.97 Å². The van der Waals surface area contributed by atoms with E-state index in [1.807, 2.05) is 32.0 Å². The molecule has 0 radical (unpaired) electrons. The van der Waals surface area contributed by atoms with E-state index in [-0.39, 0.29) is 17.0 Å². The van der Waals surface area contributed by atoms with Gasteiger partial charge in [0.15, 0.2) is 5.43 Å². The Labute approximate surface area is 188 Å². The fourth-order valence-electron chi connectivity index (χ4n) is 3.99. The van der Waals surface area contributed by atoms with Gasteiger partial charge < -0.3 is 14.8 Å². The van der Waals surface area contributed by atoms with Crippen molar-refractivity contribution >= 4 is 28.1 Å². The van der Waals surface area contributed by atoms with Crippen molar-refractivity contribution in [2.45, 2.75) is 19.9 Å². The van der Waals surface area contributed by atoms with E-state index in [0.717, 1.165) is 22.2 Å². The maximum absolute atomic E-state index is 13.0. The zero-order valence-electron chi connectivity index (χ0n) is 17.9. The van der Waals surface area contributed by atoms with Crippen LogP contribution in [0.1, 0.15) is 34.5 Å². The van der Waals surface area contributed by atoms with Gasteiger partial charge in [-0.1, -0.05) is 23.4 Å². The lowest BCUT2D eigenvalue weighted by Crippen LogP contribution is -2.12. The van der Waals surface area contributed by atoms with Crippen LogP contribution in [0, 0.1) is 6.92 Å². The average molecular weight is 440 g/mol. The number of hydrogen-bond acceptors (Lipinski definition) is 6. The van der Waals surface area contributed by atoms with Crippen molar-refractivity contribution in [2.24, 2.45) is 0 Å². The van der Waals surface area contributed by atoms with E-state index in [0.29, 0.717) is 22.4 Å². The van der Waals surface area contributed by atoms with Crippen molar-refractivity contribution < 1.29 is 14.3 Å². The Morgan fingerprint density at radius 1 is 1.15 bits per heavy atom. The van der Waals surface area contributed by atoms with Crippen LogP contribution < -0.4 is 10.7 Å². The third-order valence-electron chi connectivity index (χ3n) is 5.58. The van der Waals surface area contributed by atoms with Crippen LogP contribution in [-0.2, 0) is 0 Å². The number of benzene rings is 2. The van der Waals surface area contributed by atoms with Crippen molar-refractivity contribution in [3.63, 3.8) is 0 Å². The summed E-state index contributed by atoms with van der Waals surface area (Å²) < 4.78 is 7.90. The number of para-hydroxylation sites is 1. The van der Waals surface area contributed by atoms with Gasteiger partial charge in [0.2, 0.25) is 0 Å². The highest BCUT2D eigenvalue weighted by Gasteiger charge is 2.18. The quantitative estimate of drug-likeness (QED) is 0.408. The minimum atomic E-state index is -1.02. The van der Waals surface area contributed by atoms with Gasteiger partial charge in [0.25, 0.3) is 0 Å². The number of fused-ring (bicyclic) bond motifs is 2. The van der Waals surface area contributed by atoms with Crippen molar-refractivity contribution in [1.82, 2.24) is 14.8 Å². The first-order valence-electron chi connectivity index (χ1n) is 10.4. The maximum atomic E-state index is 13.0. The topological polar surface area (TPSA) is 110 Å². The van der Waals surface area contributed by atoms with Crippen molar-refractivity contribution in [1.29, 1.82) is 0 Å². The summed E-state index contributed by atoms with van der Waals surface area (Å²) in [5, 5.41) is 21.1. The number of carbonyl (C=O) groups is 1. The number of hydrogen-bond donors (Lipinski definition) is 2. The monoisotopic (exact) mass is 440 g/mol. The Morgan fingerprint density at radius 2 is 1.97 bits per heavy atom. The molecule has 164 valence electrons. The van der Waals surface area contributed by atoms with Gasteiger partial charge in [0.05, 0.1) is 28.7 Å². The predicted octanol–water partition coefficient (Wildman–Crippen LogP) is 4.68. The van der Waals surface area contributed by atoms with Crippen molar-refractivity contribution in [2.75, 3.05) is 5.32 Å². The number of nitrogens with one attached hydrogen (secondary N) is 1. The number of aromatic carboxylic acids is 1. The molecule has 2 N–H and O–H groups in total. The highest BCUT2D eigenvalue weighted by atomic mass is 16.4. The van der Waals surface area contributed by atoms with E-state index in [1.165, 1.54) is 6.07 Å². The zero-order valence-corrected chi connectivity index (χ0v) is 17.9. The number of rotatable bonds is 5. The van der Waals surface area contributed by atoms with Crippen LogP contribution in [0.15, 0.2) is 76.2 Å². The summed E-state index contributed by atoms with van der Waals surface area (Å²) in [7, 11) is 0. The summed E-state index contributed by atoms with van der Waals surface area (Å²) >= 11 is 0. The molecule has 5 rings (SSSR count). The molecule has 2 aromatic carbocycles. The second kappa shape index (κ2) is 7.90. The molecule has 0 saturated carbocycles. The second-order valence-corrected chi connectivity index (χ2v) is 7.94. The fraction of sp³-hybridized carbons (Fsp3) is 0.120. The number of carboxylic acid groups (broad SMARTS) is 1. The van der Waals surface area contributed by atoms with Crippen LogP contribution in [0.3, 0.4) is 0 Å². The Kier molecular flexibility index (Phi) is 4.90. The van der Waals surface area contributed by atoms with Crippen molar-refractivity contribution in [3.05, 3.63) is 93.9 Å². The predicted molar refractivity (Wildman–Crippen MR) is 125 cm³/mol. The van der Waals surface area contributed by atoms with Gasteiger partial charge in [-0.2, -0.15) is 0 Å². The van der Waals surface area contributed by atoms with E-state index in [1.54, 1.807) is 47.2 Å². The molecule has 33 heavy (non-hydrogen) atoms. The van der Waals surface area contributed by atoms with Gasteiger partial charge in [-0.15, -0.1) is 5.10 Å². The summed E-state index contributed by atoms with van der Waals surface area (Å²) in [5.41, 5.74) is 4.14. The molecule has 0 amide bonds. The molecule has 0 saturated heterocycles. The molecular formula is C25H20N4O4. The summed E-state index contributed by atoms with van der Waals surface area (Å²) in [6, 6.07) is 15.3. The lowest BCUT2D eigenvalue weighted by molar-refractivity contribution is 0.0698. The summed E-state index contributed by atoms with van der Waals surface area (Å²) in [6.45, 7) is 3.82. The number of anilines is 1.